The molecule has 33 heavy (non-hydrogen) atoms. The summed E-state index contributed by atoms with van der Waals surface area (Å²) in [4.78, 5) is 32.9. The Morgan fingerprint density at radius 1 is 0.909 bits per heavy atom. The van der Waals surface area contributed by atoms with Gasteiger partial charge in [-0.05, 0) is 48.5 Å². The van der Waals surface area contributed by atoms with Crippen molar-refractivity contribution in [3.63, 3.8) is 0 Å². The van der Waals surface area contributed by atoms with Crippen molar-refractivity contribution >= 4 is 46.0 Å². The number of ether oxygens (including phenoxy) is 1. The van der Waals surface area contributed by atoms with Gasteiger partial charge in [-0.3, -0.25) is 14.6 Å². The first kappa shape index (κ1) is 23.0. The second kappa shape index (κ2) is 10.2. The van der Waals surface area contributed by atoms with Crippen LogP contribution in [0.1, 0.15) is 16.1 Å². The molecule has 4 rings (SSSR count). The summed E-state index contributed by atoms with van der Waals surface area (Å²) in [5, 5.41) is 1.51. The van der Waals surface area contributed by atoms with Gasteiger partial charge in [0.05, 0.1) is 12.6 Å². The number of carbonyl (C=O) groups excluding carboxylic acids is 2. The average Bonchev–Trinajstić information content (AvgIpc) is 2.86. The lowest BCUT2D eigenvalue weighted by atomic mass is 9.77. The van der Waals surface area contributed by atoms with Gasteiger partial charge in [-0.1, -0.05) is 54.1 Å². The number of esters is 1. The van der Waals surface area contributed by atoms with Crippen LogP contribution >= 0.6 is 23.4 Å². The van der Waals surface area contributed by atoms with Gasteiger partial charge in [0.25, 0.3) is 0 Å². The number of Topliss-reactive ketones (excluding diaryl/α,β-unsaturated/α-hetero) is 1. The molecule has 1 atom stereocenters. The zero-order valence-electron chi connectivity index (χ0n) is 18.0. The van der Waals surface area contributed by atoms with Crippen molar-refractivity contribution in [2.75, 3.05) is 12.9 Å². The van der Waals surface area contributed by atoms with E-state index in [2.05, 4.69) is 0 Å². The van der Waals surface area contributed by atoms with E-state index >= 15 is 0 Å². The fraction of sp³-hybridized carbons (Fsp3) is 0.148. The summed E-state index contributed by atoms with van der Waals surface area (Å²) in [6, 6.07) is 27.8. The highest BCUT2D eigenvalue weighted by Crippen LogP contribution is 2.36. The van der Waals surface area contributed by atoms with E-state index in [1.165, 1.54) is 18.9 Å². The number of hydrogen-bond acceptors (Lipinski definition) is 5. The standard InChI is InChI=1S/C27H22ClNO3S/c1-32-26(31)27(18-33-23-8-3-2-4-9-23,25(30)20-11-14-21(28)15-12-20)17-22-16-13-19-7-5-6-10-24(19)29-22/h2-16H,17-18H2,1H3/t27-/m0/s1. The van der Waals surface area contributed by atoms with Gasteiger partial charge in [-0.2, -0.15) is 0 Å². The first-order valence-corrected chi connectivity index (χ1v) is 11.8. The molecule has 4 aromatic rings. The molecule has 0 spiro atoms. The second-order valence-corrected chi connectivity index (χ2v) is 9.17. The third-order valence-corrected chi connectivity index (χ3v) is 6.98. The number of pyridine rings is 1. The number of para-hydroxylation sites is 1. The summed E-state index contributed by atoms with van der Waals surface area (Å²) in [7, 11) is 1.31. The lowest BCUT2D eigenvalue weighted by Crippen LogP contribution is -2.45. The van der Waals surface area contributed by atoms with Crippen molar-refractivity contribution in [1.29, 1.82) is 0 Å². The SMILES string of the molecule is COC(=O)[C@](CSc1ccccc1)(Cc1ccc2ccccc2n1)C(=O)c1ccc(Cl)cc1. The zero-order chi connectivity index (χ0) is 23.3. The van der Waals surface area contributed by atoms with E-state index < -0.39 is 11.4 Å². The molecule has 3 aromatic carbocycles. The number of aromatic nitrogens is 1. The lowest BCUT2D eigenvalue weighted by molar-refractivity contribution is -0.148. The smallest absolute Gasteiger partial charge is 0.321 e. The van der Waals surface area contributed by atoms with Crippen molar-refractivity contribution in [3.05, 3.63) is 107 Å². The molecule has 0 saturated carbocycles. The molecule has 0 aliphatic rings. The minimum Gasteiger partial charge on any atom is -0.468 e. The maximum Gasteiger partial charge on any atom is 0.321 e. The molecule has 0 bridgehead atoms. The number of hydrogen-bond donors (Lipinski definition) is 0. The molecule has 0 fully saturated rings. The first-order valence-electron chi connectivity index (χ1n) is 10.4. The summed E-state index contributed by atoms with van der Waals surface area (Å²) in [6.45, 7) is 0. The van der Waals surface area contributed by atoms with Crippen LogP contribution in [0, 0.1) is 5.41 Å². The zero-order valence-corrected chi connectivity index (χ0v) is 19.6. The molecular weight excluding hydrogens is 454 g/mol. The fourth-order valence-electron chi connectivity index (χ4n) is 3.73. The normalized spacial score (nSPS) is 12.8. The van der Waals surface area contributed by atoms with E-state index in [9.17, 15) is 9.59 Å². The average molecular weight is 476 g/mol. The van der Waals surface area contributed by atoms with Gasteiger partial charge in [0.15, 0.2) is 5.78 Å². The van der Waals surface area contributed by atoms with Crippen molar-refractivity contribution in [2.45, 2.75) is 11.3 Å². The first-order chi connectivity index (χ1) is 16.0. The number of rotatable bonds is 8. The molecule has 0 N–H and O–H groups in total. The number of halogens is 1. The topological polar surface area (TPSA) is 56.3 Å². The Morgan fingerprint density at radius 2 is 1.61 bits per heavy atom. The van der Waals surface area contributed by atoms with Crippen LogP contribution in [0.3, 0.4) is 0 Å². The Morgan fingerprint density at radius 3 is 2.33 bits per heavy atom. The monoisotopic (exact) mass is 475 g/mol. The van der Waals surface area contributed by atoms with Gasteiger partial charge in [0.1, 0.15) is 5.41 Å². The summed E-state index contributed by atoms with van der Waals surface area (Å²) in [5.74, 6) is -0.690. The van der Waals surface area contributed by atoms with Gasteiger partial charge in [0, 0.05) is 38.7 Å². The van der Waals surface area contributed by atoms with Crippen molar-refractivity contribution in [1.82, 2.24) is 4.98 Å². The van der Waals surface area contributed by atoms with E-state index in [1.807, 2.05) is 66.7 Å². The molecule has 0 unspecified atom stereocenters. The molecule has 0 saturated heterocycles. The molecular formula is C27H22ClNO3S. The Labute approximate surface area is 201 Å². The van der Waals surface area contributed by atoms with Crippen LogP contribution in [-0.4, -0.2) is 29.6 Å². The van der Waals surface area contributed by atoms with Crippen molar-refractivity contribution in [2.24, 2.45) is 5.41 Å². The van der Waals surface area contributed by atoms with Gasteiger partial charge in [-0.15, -0.1) is 11.8 Å². The van der Waals surface area contributed by atoms with Crippen LogP contribution in [0.25, 0.3) is 10.9 Å². The Balaban J connectivity index is 1.78. The predicted octanol–water partition coefficient (Wildman–Crippen LogP) is 6.27. The van der Waals surface area contributed by atoms with E-state index in [-0.39, 0.29) is 18.0 Å². The van der Waals surface area contributed by atoms with Gasteiger partial charge in [0.2, 0.25) is 0 Å². The van der Waals surface area contributed by atoms with Crippen LogP contribution in [0.5, 0.6) is 0 Å². The minimum atomic E-state index is -1.46. The molecule has 1 heterocycles. The quantitative estimate of drug-likeness (QED) is 0.130. The molecule has 0 amide bonds. The van der Waals surface area contributed by atoms with E-state index in [1.54, 1.807) is 24.3 Å². The third-order valence-electron chi connectivity index (χ3n) is 5.48. The molecule has 0 aliphatic carbocycles. The van der Waals surface area contributed by atoms with Crippen molar-refractivity contribution < 1.29 is 14.3 Å². The van der Waals surface area contributed by atoms with Crippen LogP contribution in [0.4, 0.5) is 0 Å². The van der Waals surface area contributed by atoms with Gasteiger partial charge in [-0.25, -0.2) is 0 Å². The van der Waals surface area contributed by atoms with Gasteiger partial charge < -0.3 is 4.74 Å². The Hall–Kier alpha value is -3.15. The lowest BCUT2D eigenvalue weighted by Gasteiger charge is -2.29. The summed E-state index contributed by atoms with van der Waals surface area (Å²) in [6.07, 6.45) is 0.117. The third kappa shape index (κ3) is 5.10. The van der Waals surface area contributed by atoms with Crippen molar-refractivity contribution in [3.8, 4) is 0 Å². The van der Waals surface area contributed by atoms with Gasteiger partial charge >= 0.3 is 5.97 Å². The predicted molar refractivity (Wildman–Crippen MR) is 133 cm³/mol. The maximum absolute atomic E-state index is 13.9. The molecule has 166 valence electrons. The number of benzene rings is 3. The number of thioether (sulfide) groups is 1. The summed E-state index contributed by atoms with van der Waals surface area (Å²) < 4.78 is 5.20. The number of ketones is 1. The van der Waals surface area contributed by atoms with Crippen LogP contribution in [0.2, 0.25) is 5.02 Å². The van der Waals surface area contributed by atoms with Crippen LogP contribution in [0.15, 0.2) is 95.9 Å². The largest absolute Gasteiger partial charge is 0.468 e. The van der Waals surface area contributed by atoms with Crippen LogP contribution < -0.4 is 0 Å². The highest BCUT2D eigenvalue weighted by atomic mass is 35.5. The second-order valence-electron chi connectivity index (χ2n) is 7.68. The highest BCUT2D eigenvalue weighted by Gasteiger charge is 2.48. The fourth-order valence-corrected chi connectivity index (χ4v) is 4.97. The molecule has 0 radical (unpaired) electrons. The minimum absolute atomic E-state index is 0.117. The Bertz CT molecular complexity index is 1280. The summed E-state index contributed by atoms with van der Waals surface area (Å²) >= 11 is 7.47. The number of nitrogens with zero attached hydrogens (tertiary/aromatic N) is 1. The molecule has 4 nitrogen and oxygen atoms in total. The molecule has 1 aromatic heterocycles. The number of fused-ring (bicyclic) bond motifs is 1. The maximum atomic E-state index is 13.9. The highest BCUT2D eigenvalue weighted by molar-refractivity contribution is 7.99. The summed E-state index contributed by atoms with van der Waals surface area (Å²) in [5.41, 5.74) is 0.399. The van der Waals surface area contributed by atoms with E-state index in [4.69, 9.17) is 21.3 Å². The van der Waals surface area contributed by atoms with E-state index in [0.29, 0.717) is 16.3 Å². The molecule has 0 aliphatic heterocycles. The number of carbonyl (C=O) groups is 2. The van der Waals surface area contributed by atoms with E-state index in [0.717, 1.165) is 15.8 Å². The van der Waals surface area contributed by atoms with Crippen LogP contribution in [-0.2, 0) is 16.0 Å². The number of methoxy groups -OCH3 is 1. The molecule has 6 heteroatoms. The Kier molecular flexibility index (Phi) is 7.11.